The number of para-hydroxylation sites is 1. The smallest absolute Gasteiger partial charge is 0.332 e. The van der Waals surface area contributed by atoms with Gasteiger partial charge in [0, 0.05) is 12.6 Å². The fraction of sp³-hybridized carbons (Fsp3) is 0.500. The van der Waals surface area contributed by atoms with Gasteiger partial charge in [0.2, 0.25) is 5.91 Å². The Morgan fingerprint density at radius 3 is 2.25 bits per heavy atom. The maximum Gasteiger partial charge on any atom is 0.332 e. The van der Waals surface area contributed by atoms with E-state index in [0.29, 0.717) is 23.4 Å². The van der Waals surface area contributed by atoms with Gasteiger partial charge in [-0.3, -0.25) is 18.7 Å². The first-order valence-corrected chi connectivity index (χ1v) is 8.29. The van der Waals surface area contributed by atoms with Crippen LogP contribution in [0.4, 0.5) is 0 Å². The van der Waals surface area contributed by atoms with Crippen molar-refractivity contribution in [3.05, 3.63) is 45.1 Å². The number of nitrogens with one attached hydrogen (secondary N) is 1. The lowest BCUT2D eigenvalue weighted by Crippen LogP contribution is -2.45. The zero-order valence-electron chi connectivity index (χ0n) is 14.9. The van der Waals surface area contributed by atoms with Gasteiger partial charge in [-0.2, -0.15) is 0 Å². The Balaban J connectivity index is 2.67. The SMILES string of the molecule is CC(C)CNC(=O)C(C)n1c(=O)n(C(C)C)c(=O)c2ccccc21. The van der Waals surface area contributed by atoms with Crippen molar-refractivity contribution >= 4 is 16.8 Å². The van der Waals surface area contributed by atoms with Crippen molar-refractivity contribution in [1.29, 1.82) is 0 Å². The van der Waals surface area contributed by atoms with Crippen LogP contribution < -0.4 is 16.6 Å². The zero-order chi connectivity index (χ0) is 18.0. The van der Waals surface area contributed by atoms with Gasteiger partial charge in [0.25, 0.3) is 5.56 Å². The third-order valence-corrected chi connectivity index (χ3v) is 3.99. The molecule has 0 radical (unpaired) electrons. The number of benzene rings is 1. The monoisotopic (exact) mass is 331 g/mol. The van der Waals surface area contributed by atoms with Crippen LogP contribution in [0.25, 0.3) is 10.9 Å². The summed E-state index contributed by atoms with van der Waals surface area (Å²) in [5, 5.41) is 3.29. The number of nitrogens with zero attached hydrogens (tertiary/aromatic N) is 2. The Bertz CT molecular complexity index is 862. The fourth-order valence-electron chi connectivity index (χ4n) is 2.70. The van der Waals surface area contributed by atoms with Gasteiger partial charge in [-0.05, 0) is 38.8 Å². The summed E-state index contributed by atoms with van der Waals surface area (Å²) >= 11 is 0. The number of rotatable bonds is 5. The quantitative estimate of drug-likeness (QED) is 0.911. The highest BCUT2D eigenvalue weighted by atomic mass is 16.2. The van der Waals surface area contributed by atoms with E-state index in [2.05, 4.69) is 5.32 Å². The van der Waals surface area contributed by atoms with Crippen LogP contribution in [0.5, 0.6) is 0 Å². The third-order valence-electron chi connectivity index (χ3n) is 3.99. The molecule has 0 aliphatic rings. The van der Waals surface area contributed by atoms with E-state index in [-0.39, 0.29) is 17.5 Å². The van der Waals surface area contributed by atoms with Gasteiger partial charge in [0.1, 0.15) is 6.04 Å². The Morgan fingerprint density at radius 2 is 1.67 bits per heavy atom. The molecule has 0 spiro atoms. The molecule has 24 heavy (non-hydrogen) atoms. The molecule has 6 heteroatoms. The lowest BCUT2D eigenvalue weighted by atomic mass is 10.2. The molecule has 0 saturated carbocycles. The Kier molecular flexibility index (Phi) is 5.26. The van der Waals surface area contributed by atoms with Crippen molar-refractivity contribution in [3.8, 4) is 0 Å². The molecular weight excluding hydrogens is 306 g/mol. The normalized spacial score (nSPS) is 12.8. The first-order chi connectivity index (χ1) is 11.3. The van der Waals surface area contributed by atoms with Crippen LogP contribution >= 0.6 is 0 Å². The van der Waals surface area contributed by atoms with Crippen LogP contribution in [-0.4, -0.2) is 21.6 Å². The summed E-state index contributed by atoms with van der Waals surface area (Å²) < 4.78 is 2.61. The molecule has 2 aromatic rings. The van der Waals surface area contributed by atoms with E-state index in [1.54, 1.807) is 45.0 Å². The van der Waals surface area contributed by atoms with E-state index < -0.39 is 11.7 Å². The van der Waals surface area contributed by atoms with Gasteiger partial charge in [0.05, 0.1) is 10.9 Å². The van der Waals surface area contributed by atoms with Gasteiger partial charge in [-0.15, -0.1) is 0 Å². The molecule has 0 aliphatic carbocycles. The van der Waals surface area contributed by atoms with Crippen LogP contribution in [0, 0.1) is 5.92 Å². The highest BCUT2D eigenvalue weighted by molar-refractivity contribution is 5.84. The molecule has 0 aliphatic heterocycles. The molecule has 1 aromatic carbocycles. The number of amides is 1. The molecule has 1 atom stereocenters. The number of carbonyl (C=O) groups is 1. The van der Waals surface area contributed by atoms with Crippen LogP contribution in [0.15, 0.2) is 33.9 Å². The molecule has 0 fully saturated rings. The van der Waals surface area contributed by atoms with Crippen LogP contribution in [0.1, 0.15) is 46.7 Å². The summed E-state index contributed by atoms with van der Waals surface area (Å²) in [7, 11) is 0. The standard InChI is InChI=1S/C18H25N3O3/c1-11(2)10-19-16(22)13(5)21-15-9-7-6-8-14(15)17(23)20(12(3)4)18(21)24/h6-9,11-13H,10H2,1-5H3,(H,19,22). The molecule has 1 aromatic heterocycles. The molecular formula is C18H25N3O3. The van der Waals surface area contributed by atoms with E-state index >= 15 is 0 Å². The van der Waals surface area contributed by atoms with E-state index in [0.717, 1.165) is 0 Å². The minimum Gasteiger partial charge on any atom is -0.354 e. The van der Waals surface area contributed by atoms with Gasteiger partial charge in [0.15, 0.2) is 0 Å². The number of aromatic nitrogens is 2. The Hall–Kier alpha value is -2.37. The van der Waals surface area contributed by atoms with Gasteiger partial charge in [-0.25, -0.2) is 4.79 Å². The summed E-state index contributed by atoms with van der Waals surface area (Å²) in [6, 6.07) is 5.92. The number of hydrogen-bond donors (Lipinski definition) is 1. The van der Waals surface area contributed by atoms with Crippen molar-refractivity contribution in [2.75, 3.05) is 6.54 Å². The molecule has 1 unspecified atom stereocenters. The Labute approximate surface area is 141 Å². The lowest BCUT2D eigenvalue weighted by molar-refractivity contribution is -0.124. The Morgan fingerprint density at radius 1 is 1.04 bits per heavy atom. The molecule has 1 N–H and O–H groups in total. The van der Waals surface area contributed by atoms with Crippen LogP contribution in [0.2, 0.25) is 0 Å². The minimum absolute atomic E-state index is 0.232. The predicted octanol–water partition coefficient (Wildman–Crippen LogP) is 2.08. The highest BCUT2D eigenvalue weighted by Gasteiger charge is 2.22. The zero-order valence-corrected chi connectivity index (χ0v) is 14.9. The van der Waals surface area contributed by atoms with E-state index in [9.17, 15) is 14.4 Å². The number of fused-ring (bicyclic) bond motifs is 1. The van der Waals surface area contributed by atoms with E-state index in [4.69, 9.17) is 0 Å². The molecule has 0 bridgehead atoms. The van der Waals surface area contributed by atoms with Crippen LogP contribution in [0.3, 0.4) is 0 Å². The second-order valence-corrected chi connectivity index (χ2v) is 6.75. The van der Waals surface area contributed by atoms with E-state index in [1.807, 2.05) is 13.8 Å². The van der Waals surface area contributed by atoms with Gasteiger partial charge in [-0.1, -0.05) is 26.0 Å². The van der Waals surface area contributed by atoms with Gasteiger partial charge < -0.3 is 5.32 Å². The van der Waals surface area contributed by atoms with Crippen LogP contribution in [-0.2, 0) is 4.79 Å². The second-order valence-electron chi connectivity index (χ2n) is 6.75. The maximum atomic E-state index is 12.9. The summed E-state index contributed by atoms with van der Waals surface area (Å²) in [5.74, 6) is 0.0872. The summed E-state index contributed by atoms with van der Waals surface area (Å²) in [4.78, 5) is 37.9. The second kappa shape index (κ2) is 7.03. The molecule has 6 nitrogen and oxygen atoms in total. The van der Waals surface area contributed by atoms with Crippen molar-refractivity contribution in [2.45, 2.75) is 46.7 Å². The summed E-state index contributed by atoms with van der Waals surface area (Å²) in [5.41, 5.74) is -0.297. The molecule has 1 heterocycles. The number of hydrogen-bond acceptors (Lipinski definition) is 3. The number of carbonyl (C=O) groups excluding carboxylic acids is 1. The van der Waals surface area contributed by atoms with Crippen molar-refractivity contribution in [3.63, 3.8) is 0 Å². The topological polar surface area (TPSA) is 73.1 Å². The van der Waals surface area contributed by atoms with Crippen molar-refractivity contribution in [1.82, 2.24) is 14.5 Å². The third kappa shape index (κ3) is 3.27. The van der Waals surface area contributed by atoms with Gasteiger partial charge >= 0.3 is 5.69 Å². The highest BCUT2D eigenvalue weighted by Crippen LogP contribution is 2.14. The summed E-state index contributed by atoms with van der Waals surface area (Å²) in [6.45, 7) is 9.80. The fourth-order valence-corrected chi connectivity index (χ4v) is 2.70. The predicted molar refractivity (Wildman–Crippen MR) is 95.4 cm³/mol. The first kappa shape index (κ1) is 18.0. The molecule has 130 valence electrons. The van der Waals surface area contributed by atoms with Crippen molar-refractivity contribution < 1.29 is 4.79 Å². The molecule has 1 amide bonds. The molecule has 0 saturated heterocycles. The molecule has 2 rings (SSSR count). The minimum atomic E-state index is -0.702. The summed E-state index contributed by atoms with van der Waals surface area (Å²) in [6.07, 6.45) is 0. The van der Waals surface area contributed by atoms with Crippen molar-refractivity contribution in [2.24, 2.45) is 5.92 Å². The van der Waals surface area contributed by atoms with E-state index in [1.165, 1.54) is 9.13 Å². The average Bonchev–Trinajstić information content (AvgIpc) is 2.52. The maximum absolute atomic E-state index is 12.9. The first-order valence-electron chi connectivity index (χ1n) is 8.29. The average molecular weight is 331 g/mol. The lowest BCUT2D eigenvalue weighted by Gasteiger charge is -2.21. The largest absolute Gasteiger partial charge is 0.354 e.